The maximum Gasteiger partial charge on any atom is 0.410 e. The minimum Gasteiger partial charge on any atom is -0.444 e. The summed E-state index contributed by atoms with van der Waals surface area (Å²) in [6.45, 7) is 15.9. The SMILES string of the molecule is CC.CC.CN(C)/C=C(/C(=O)C1=CCCC=C1)N1CCN(C(=O)OC(C)(C)C)CC1. The predicted octanol–water partition coefficient (Wildman–Crippen LogP) is 4.84. The largest absolute Gasteiger partial charge is 0.444 e. The smallest absolute Gasteiger partial charge is 0.410 e. The fourth-order valence-corrected chi connectivity index (χ4v) is 2.91. The van der Waals surface area contributed by atoms with Crippen molar-refractivity contribution < 1.29 is 14.3 Å². The van der Waals surface area contributed by atoms with Crippen LogP contribution in [-0.2, 0) is 9.53 Å². The van der Waals surface area contributed by atoms with Gasteiger partial charge in [-0.15, -0.1) is 0 Å². The zero-order valence-corrected chi connectivity index (χ0v) is 20.6. The Morgan fingerprint density at radius 2 is 1.50 bits per heavy atom. The van der Waals surface area contributed by atoms with Crippen LogP contribution >= 0.6 is 0 Å². The summed E-state index contributed by atoms with van der Waals surface area (Å²) in [7, 11) is 3.82. The highest BCUT2D eigenvalue weighted by Gasteiger charge is 2.29. The molecule has 0 atom stereocenters. The average Bonchev–Trinajstić information content (AvgIpc) is 2.74. The van der Waals surface area contributed by atoms with Crippen LogP contribution in [-0.4, -0.2) is 72.5 Å². The average molecular weight is 422 g/mol. The van der Waals surface area contributed by atoms with Gasteiger partial charge in [0.1, 0.15) is 11.3 Å². The molecule has 0 spiro atoms. The molecule has 1 amide bonds. The summed E-state index contributed by atoms with van der Waals surface area (Å²) in [6, 6.07) is 0. The van der Waals surface area contributed by atoms with Gasteiger partial charge in [-0.2, -0.15) is 0 Å². The van der Waals surface area contributed by atoms with E-state index in [2.05, 4.69) is 4.90 Å². The fourth-order valence-electron chi connectivity index (χ4n) is 2.91. The van der Waals surface area contributed by atoms with Gasteiger partial charge in [0.15, 0.2) is 0 Å². The molecule has 0 N–H and O–H groups in total. The second-order valence-corrected chi connectivity index (χ2v) is 7.90. The number of ether oxygens (including phenoxy) is 1. The van der Waals surface area contributed by atoms with Gasteiger partial charge in [0.2, 0.25) is 5.78 Å². The monoisotopic (exact) mass is 421 g/mol. The maximum atomic E-state index is 13.0. The van der Waals surface area contributed by atoms with Crippen LogP contribution in [0.3, 0.4) is 0 Å². The van der Waals surface area contributed by atoms with Crippen LogP contribution in [0.2, 0.25) is 0 Å². The van der Waals surface area contributed by atoms with E-state index in [1.54, 1.807) is 4.90 Å². The Bertz CT molecular complexity index is 620. The normalized spacial score (nSPS) is 16.4. The van der Waals surface area contributed by atoms with Crippen LogP contribution in [0.25, 0.3) is 0 Å². The Labute approximate surface area is 184 Å². The van der Waals surface area contributed by atoms with E-state index in [9.17, 15) is 9.59 Å². The second-order valence-electron chi connectivity index (χ2n) is 7.90. The number of hydrogen-bond acceptors (Lipinski definition) is 5. The van der Waals surface area contributed by atoms with Gasteiger partial charge in [0, 0.05) is 52.0 Å². The molecule has 0 aromatic heterocycles. The highest BCUT2D eigenvalue weighted by Crippen LogP contribution is 2.20. The lowest BCUT2D eigenvalue weighted by Crippen LogP contribution is -2.50. The van der Waals surface area contributed by atoms with Crippen LogP contribution < -0.4 is 0 Å². The van der Waals surface area contributed by atoms with Gasteiger partial charge in [-0.05, 0) is 33.6 Å². The van der Waals surface area contributed by atoms with Gasteiger partial charge < -0.3 is 19.4 Å². The van der Waals surface area contributed by atoms with Gasteiger partial charge in [-0.1, -0.05) is 45.9 Å². The summed E-state index contributed by atoms with van der Waals surface area (Å²) in [4.78, 5) is 30.9. The summed E-state index contributed by atoms with van der Waals surface area (Å²) < 4.78 is 5.44. The molecule has 0 saturated carbocycles. The van der Waals surface area contributed by atoms with Crippen molar-refractivity contribution in [3.63, 3.8) is 0 Å². The van der Waals surface area contributed by atoms with Crippen LogP contribution in [0.15, 0.2) is 35.7 Å². The molecule has 0 aromatic rings. The number of rotatable bonds is 4. The third kappa shape index (κ3) is 9.51. The molecular weight excluding hydrogens is 378 g/mol. The summed E-state index contributed by atoms with van der Waals surface area (Å²) in [6.07, 6.45) is 9.42. The quantitative estimate of drug-likeness (QED) is 0.608. The Morgan fingerprint density at radius 1 is 0.967 bits per heavy atom. The Kier molecular flexibility index (Phi) is 12.8. The third-order valence-electron chi connectivity index (χ3n) is 4.14. The minimum atomic E-state index is -0.500. The molecule has 6 heteroatoms. The number of amides is 1. The number of carbonyl (C=O) groups excluding carboxylic acids is 2. The van der Waals surface area contributed by atoms with Gasteiger partial charge in [-0.25, -0.2) is 4.79 Å². The molecule has 30 heavy (non-hydrogen) atoms. The standard InChI is InChI=1S/C20H31N3O3.2C2H6/c1-20(2,3)26-19(25)23-13-11-22(12-14-23)17(15-21(4)5)18(24)16-9-7-6-8-10-16;2*1-2/h7,9-10,15H,6,8,11-14H2,1-5H3;2*1-2H3/b17-15-;;. The first-order valence-corrected chi connectivity index (χ1v) is 11.2. The van der Waals surface area contributed by atoms with Crippen molar-refractivity contribution in [1.82, 2.24) is 14.7 Å². The Balaban J connectivity index is 0.00000198. The molecule has 2 aliphatic rings. The molecule has 1 heterocycles. The first-order valence-electron chi connectivity index (χ1n) is 11.2. The summed E-state index contributed by atoms with van der Waals surface area (Å²) in [5.41, 5.74) is 0.926. The summed E-state index contributed by atoms with van der Waals surface area (Å²) in [5, 5.41) is 0. The molecule has 2 rings (SSSR count). The highest BCUT2D eigenvalue weighted by atomic mass is 16.6. The van der Waals surface area contributed by atoms with Crippen molar-refractivity contribution >= 4 is 11.9 Å². The fraction of sp³-hybridized carbons (Fsp3) is 0.667. The molecule has 0 radical (unpaired) electrons. The number of hydrogen-bond donors (Lipinski definition) is 0. The third-order valence-corrected chi connectivity index (χ3v) is 4.14. The van der Waals surface area contributed by atoms with Crippen LogP contribution in [0, 0.1) is 0 Å². The molecule has 1 fully saturated rings. The highest BCUT2D eigenvalue weighted by molar-refractivity contribution is 6.09. The zero-order valence-electron chi connectivity index (χ0n) is 20.6. The molecule has 6 nitrogen and oxygen atoms in total. The lowest BCUT2D eigenvalue weighted by Gasteiger charge is -2.37. The van der Waals surface area contributed by atoms with E-state index < -0.39 is 5.60 Å². The van der Waals surface area contributed by atoms with Crippen molar-refractivity contribution in [3.8, 4) is 0 Å². The van der Waals surface area contributed by atoms with Crippen molar-refractivity contribution in [2.45, 2.75) is 66.9 Å². The van der Waals surface area contributed by atoms with Gasteiger partial charge in [-0.3, -0.25) is 4.79 Å². The first-order chi connectivity index (χ1) is 14.2. The van der Waals surface area contributed by atoms with Crippen molar-refractivity contribution in [2.24, 2.45) is 0 Å². The first kappa shape index (κ1) is 27.8. The molecule has 0 aromatic carbocycles. The number of nitrogens with zero attached hydrogens (tertiary/aromatic N) is 3. The van der Waals surface area contributed by atoms with Gasteiger partial charge in [0.05, 0.1) is 0 Å². The topological polar surface area (TPSA) is 53.1 Å². The van der Waals surface area contributed by atoms with E-state index in [4.69, 9.17) is 4.74 Å². The lowest BCUT2D eigenvalue weighted by molar-refractivity contribution is -0.113. The van der Waals surface area contributed by atoms with E-state index in [1.165, 1.54) is 0 Å². The molecule has 1 saturated heterocycles. The van der Waals surface area contributed by atoms with Crippen molar-refractivity contribution in [2.75, 3.05) is 40.3 Å². The molecule has 0 unspecified atom stereocenters. The lowest BCUT2D eigenvalue weighted by atomic mass is 10.0. The number of Topliss-reactive ketones (excluding diaryl/α,β-unsaturated/α-hetero) is 1. The van der Waals surface area contributed by atoms with E-state index >= 15 is 0 Å². The molecular formula is C24H43N3O3. The van der Waals surface area contributed by atoms with E-state index in [0.717, 1.165) is 18.4 Å². The molecule has 1 aliphatic heterocycles. The molecule has 172 valence electrons. The maximum absolute atomic E-state index is 13.0. The van der Waals surface area contributed by atoms with Gasteiger partial charge in [0.25, 0.3) is 0 Å². The number of piperazine rings is 1. The minimum absolute atomic E-state index is 0.0420. The Morgan fingerprint density at radius 3 is 1.93 bits per heavy atom. The molecule has 0 bridgehead atoms. The van der Waals surface area contributed by atoms with E-state index in [0.29, 0.717) is 31.9 Å². The number of ketones is 1. The predicted molar refractivity (Wildman–Crippen MR) is 125 cm³/mol. The van der Waals surface area contributed by atoms with Crippen LogP contribution in [0.1, 0.15) is 61.3 Å². The van der Waals surface area contributed by atoms with Crippen molar-refractivity contribution in [1.29, 1.82) is 0 Å². The van der Waals surface area contributed by atoms with Crippen LogP contribution in [0.5, 0.6) is 0 Å². The van der Waals surface area contributed by atoms with Crippen LogP contribution in [0.4, 0.5) is 4.79 Å². The summed E-state index contributed by atoms with van der Waals surface area (Å²) >= 11 is 0. The summed E-state index contributed by atoms with van der Waals surface area (Å²) in [5.74, 6) is 0.0420. The van der Waals surface area contributed by atoms with Crippen molar-refractivity contribution in [3.05, 3.63) is 35.7 Å². The number of allylic oxidation sites excluding steroid dienone is 4. The van der Waals surface area contributed by atoms with E-state index in [1.807, 2.05) is 91.9 Å². The van der Waals surface area contributed by atoms with E-state index in [-0.39, 0.29) is 11.9 Å². The number of carbonyl (C=O) groups is 2. The zero-order chi connectivity index (χ0) is 23.3. The molecule has 1 aliphatic carbocycles. The van der Waals surface area contributed by atoms with Gasteiger partial charge >= 0.3 is 6.09 Å². The Hall–Kier alpha value is -2.24. The second kappa shape index (κ2) is 13.9.